The van der Waals surface area contributed by atoms with E-state index < -0.39 is 52.4 Å². The van der Waals surface area contributed by atoms with Crippen molar-refractivity contribution < 1.29 is 31.4 Å². The molecule has 1 fully saturated rings. The summed E-state index contributed by atoms with van der Waals surface area (Å²) >= 11 is 5.88. The minimum atomic E-state index is -2.22. The highest BCUT2D eigenvalue weighted by molar-refractivity contribution is 6.21. The molecule has 3 unspecified atom stereocenters. The van der Waals surface area contributed by atoms with Crippen LogP contribution >= 0.6 is 11.6 Å². The second kappa shape index (κ2) is 6.36. The molecule has 1 aliphatic carbocycles. The maximum Gasteiger partial charge on any atom is 0.207 e. The third-order valence-corrected chi connectivity index (χ3v) is 3.56. The Morgan fingerprint density at radius 3 is 2.00 bits per heavy atom. The summed E-state index contributed by atoms with van der Waals surface area (Å²) in [5.74, 6) is -11.6. The first kappa shape index (κ1) is 16.3. The Balaban J connectivity index is 2.21. The van der Waals surface area contributed by atoms with Crippen molar-refractivity contribution in [1.82, 2.24) is 0 Å². The van der Waals surface area contributed by atoms with Gasteiger partial charge in [-0.2, -0.15) is 8.78 Å². The number of rotatable bonds is 5. The molecule has 0 aliphatic heterocycles. The average molecular weight is 331 g/mol. The van der Waals surface area contributed by atoms with Crippen LogP contribution < -0.4 is 4.74 Å². The monoisotopic (exact) mass is 330 g/mol. The molecule has 0 saturated heterocycles. The first-order valence-corrected chi connectivity index (χ1v) is 6.75. The van der Waals surface area contributed by atoms with E-state index in [-0.39, 0.29) is 6.42 Å². The molecular weight excluding hydrogens is 319 g/mol. The van der Waals surface area contributed by atoms with Gasteiger partial charge in [0, 0.05) is 13.0 Å². The SMILES string of the molecule is CCCOC1C(Cl)CC1Oc1c(F)c(F)c(F)c(F)c1F. The molecule has 0 N–H and O–H groups in total. The van der Waals surface area contributed by atoms with Crippen molar-refractivity contribution in [3.05, 3.63) is 29.1 Å². The first-order valence-electron chi connectivity index (χ1n) is 6.32. The van der Waals surface area contributed by atoms with Crippen LogP contribution in [0.3, 0.4) is 0 Å². The van der Waals surface area contributed by atoms with Gasteiger partial charge in [0.15, 0.2) is 5.75 Å². The predicted octanol–water partition coefficient (Wildman–Crippen LogP) is 3.94. The summed E-state index contributed by atoms with van der Waals surface area (Å²) in [5.41, 5.74) is 0. The van der Waals surface area contributed by atoms with Crippen molar-refractivity contribution in [3.63, 3.8) is 0 Å². The lowest BCUT2D eigenvalue weighted by molar-refractivity contribution is -0.0823. The average Bonchev–Trinajstić information content (AvgIpc) is 2.46. The van der Waals surface area contributed by atoms with Crippen molar-refractivity contribution in [3.8, 4) is 5.75 Å². The largest absolute Gasteiger partial charge is 0.481 e. The summed E-state index contributed by atoms with van der Waals surface area (Å²) in [6.45, 7) is 2.20. The zero-order valence-corrected chi connectivity index (χ0v) is 11.7. The number of hydrogen-bond acceptors (Lipinski definition) is 2. The molecule has 1 aromatic carbocycles. The van der Waals surface area contributed by atoms with Crippen LogP contribution in [-0.4, -0.2) is 24.2 Å². The zero-order chi connectivity index (χ0) is 15.7. The molecule has 0 radical (unpaired) electrons. The first-order chi connectivity index (χ1) is 9.88. The van der Waals surface area contributed by atoms with Gasteiger partial charge in [0.25, 0.3) is 0 Å². The maximum absolute atomic E-state index is 13.5. The minimum absolute atomic E-state index is 0.190. The molecule has 3 atom stereocenters. The quantitative estimate of drug-likeness (QED) is 0.352. The van der Waals surface area contributed by atoms with Gasteiger partial charge in [-0.05, 0) is 6.42 Å². The highest BCUT2D eigenvalue weighted by Crippen LogP contribution is 2.36. The second-order valence-electron chi connectivity index (χ2n) is 4.64. The van der Waals surface area contributed by atoms with E-state index >= 15 is 0 Å². The Labute approximate surface area is 122 Å². The molecule has 0 aromatic heterocycles. The van der Waals surface area contributed by atoms with Gasteiger partial charge >= 0.3 is 0 Å². The molecule has 21 heavy (non-hydrogen) atoms. The van der Waals surface area contributed by atoms with Crippen molar-refractivity contribution in [1.29, 1.82) is 0 Å². The fraction of sp³-hybridized carbons (Fsp3) is 0.538. The van der Waals surface area contributed by atoms with Gasteiger partial charge in [-0.3, -0.25) is 0 Å². The highest BCUT2D eigenvalue weighted by Gasteiger charge is 2.44. The Morgan fingerprint density at radius 1 is 1.00 bits per heavy atom. The molecule has 0 amide bonds. The summed E-state index contributed by atoms with van der Waals surface area (Å²) in [6, 6.07) is 0. The van der Waals surface area contributed by atoms with Crippen molar-refractivity contribution >= 4 is 11.6 Å². The smallest absolute Gasteiger partial charge is 0.207 e. The topological polar surface area (TPSA) is 18.5 Å². The third-order valence-electron chi connectivity index (χ3n) is 3.13. The zero-order valence-electron chi connectivity index (χ0n) is 10.9. The van der Waals surface area contributed by atoms with Gasteiger partial charge in [0.1, 0.15) is 12.2 Å². The Kier molecular flexibility index (Phi) is 4.93. The molecule has 8 heteroatoms. The molecule has 1 saturated carbocycles. The number of benzene rings is 1. The van der Waals surface area contributed by atoms with E-state index in [1.165, 1.54) is 0 Å². The Bertz CT molecular complexity index is 511. The van der Waals surface area contributed by atoms with Gasteiger partial charge in [-0.25, -0.2) is 13.2 Å². The Hall–Kier alpha value is -1.08. The van der Waals surface area contributed by atoms with Crippen molar-refractivity contribution in [2.24, 2.45) is 0 Å². The van der Waals surface area contributed by atoms with Gasteiger partial charge < -0.3 is 9.47 Å². The molecule has 0 bridgehead atoms. The summed E-state index contributed by atoms with van der Waals surface area (Å²) in [7, 11) is 0. The summed E-state index contributed by atoms with van der Waals surface area (Å²) < 4.78 is 76.2. The molecule has 1 aromatic rings. The predicted molar refractivity (Wildman–Crippen MR) is 64.9 cm³/mol. The van der Waals surface area contributed by atoms with Gasteiger partial charge in [-0.15, -0.1) is 11.6 Å². The molecule has 2 nitrogen and oxygen atoms in total. The van der Waals surface area contributed by atoms with E-state index in [1.807, 2.05) is 6.92 Å². The summed E-state index contributed by atoms with van der Waals surface area (Å²) in [6.07, 6.45) is -0.626. The molecule has 0 spiro atoms. The highest BCUT2D eigenvalue weighted by atomic mass is 35.5. The molecule has 118 valence electrons. The van der Waals surface area contributed by atoms with E-state index in [2.05, 4.69) is 0 Å². The maximum atomic E-state index is 13.5. The fourth-order valence-electron chi connectivity index (χ4n) is 1.95. The molecule has 2 rings (SSSR count). The third kappa shape index (κ3) is 2.94. The van der Waals surface area contributed by atoms with Crippen LogP contribution in [-0.2, 0) is 4.74 Å². The lowest BCUT2D eigenvalue weighted by Gasteiger charge is -2.40. The minimum Gasteiger partial charge on any atom is -0.481 e. The van der Waals surface area contributed by atoms with Gasteiger partial charge in [0.2, 0.25) is 29.1 Å². The Morgan fingerprint density at radius 2 is 1.52 bits per heavy atom. The van der Waals surface area contributed by atoms with Crippen LogP contribution in [0, 0.1) is 29.1 Å². The van der Waals surface area contributed by atoms with Crippen molar-refractivity contribution in [2.75, 3.05) is 6.61 Å². The van der Waals surface area contributed by atoms with Crippen LogP contribution in [0.25, 0.3) is 0 Å². The molecular formula is C13H12ClF5O2. The van der Waals surface area contributed by atoms with Crippen LogP contribution in [0.2, 0.25) is 0 Å². The van der Waals surface area contributed by atoms with E-state index in [4.69, 9.17) is 21.1 Å². The van der Waals surface area contributed by atoms with Crippen molar-refractivity contribution in [2.45, 2.75) is 37.4 Å². The van der Waals surface area contributed by atoms with Gasteiger partial charge in [0.05, 0.1) is 5.38 Å². The van der Waals surface area contributed by atoms with Gasteiger partial charge in [-0.1, -0.05) is 6.92 Å². The summed E-state index contributed by atoms with van der Waals surface area (Å²) in [4.78, 5) is 0. The standard InChI is InChI=1S/C13H12ClF5O2/c1-2-3-20-12-5(14)4-6(12)21-13-10(18)8(16)7(15)9(17)11(13)19/h5-6,12H,2-4H2,1H3. The number of hydrogen-bond donors (Lipinski definition) is 0. The number of ether oxygens (including phenoxy) is 2. The van der Waals surface area contributed by atoms with Crippen LogP contribution in [0.4, 0.5) is 22.0 Å². The second-order valence-corrected chi connectivity index (χ2v) is 5.20. The van der Waals surface area contributed by atoms with E-state index in [0.29, 0.717) is 13.0 Å². The van der Waals surface area contributed by atoms with Crippen LogP contribution in [0.1, 0.15) is 19.8 Å². The number of alkyl halides is 1. The lowest BCUT2D eigenvalue weighted by atomic mass is 9.91. The normalized spacial score (nSPS) is 24.8. The number of halogens is 6. The van der Waals surface area contributed by atoms with E-state index in [9.17, 15) is 22.0 Å². The lowest BCUT2D eigenvalue weighted by Crippen LogP contribution is -2.53. The molecule has 0 heterocycles. The van der Waals surface area contributed by atoms with E-state index in [1.54, 1.807) is 0 Å². The van der Waals surface area contributed by atoms with Crippen LogP contribution in [0.5, 0.6) is 5.75 Å². The summed E-state index contributed by atoms with van der Waals surface area (Å²) in [5, 5.41) is -0.428. The van der Waals surface area contributed by atoms with Crippen LogP contribution in [0.15, 0.2) is 0 Å². The van der Waals surface area contributed by atoms with E-state index in [0.717, 1.165) is 0 Å². The molecule has 1 aliphatic rings. The fourth-order valence-corrected chi connectivity index (χ4v) is 2.36.